The predicted molar refractivity (Wildman–Crippen MR) is 77.3 cm³/mol. The van der Waals surface area contributed by atoms with Crippen molar-refractivity contribution in [2.45, 2.75) is 19.9 Å². The molecule has 0 radical (unpaired) electrons. The lowest BCUT2D eigenvalue weighted by Crippen LogP contribution is -2.15. The van der Waals surface area contributed by atoms with Gasteiger partial charge in [0.25, 0.3) is 0 Å². The smallest absolute Gasteiger partial charge is 0.142 e. The highest BCUT2D eigenvalue weighted by Crippen LogP contribution is 2.28. The van der Waals surface area contributed by atoms with Crippen molar-refractivity contribution in [3.8, 4) is 5.75 Å². The molecule has 2 nitrogen and oxygen atoms in total. The van der Waals surface area contributed by atoms with E-state index in [0.717, 1.165) is 36.6 Å². The van der Waals surface area contributed by atoms with Crippen molar-refractivity contribution in [2.75, 3.05) is 25.2 Å². The van der Waals surface area contributed by atoms with Gasteiger partial charge in [-0.15, -0.1) is 0 Å². The van der Waals surface area contributed by atoms with Gasteiger partial charge in [-0.1, -0.05) is 30.7 Å². The molecule has 0 saturated carbocycles. The summed E-state index contributed by atoms with van der Waals surface area (Å²) in [4.78, 5) is 0. The van der Waals surface area contributed by atoms with E-state index in [0.29, 0.717) is 11.6 Å². The van der Waals surface area contributed by atoms with Gasteiger partial charge in [-0.3, -0.25) is 0 Å². The fourth-order valence-corrected chi connectivity index (χ4v) is 1.98. The molecule has 0 aliphatic carbocycles. The van der Waals surface area contributed by atoms with Crippen molar-refractivity contribution < 1.29 is 4.74 Å². The predicted octanol–water partition coefficient (Wildman–Crippen LogP) is 3.58. The molecule has 1 rings (SSSR count). The fourth-order valence-electron chi connectivity index (χ4n) is 1.48. The molecule has 0 amide bonds. The second-order valence-electron chi connectivity index (χ2n) is 3.75. The summed E-state index contributed by atoms with van der Waals surface area (Å²) in [6.45, 7) is 4.67. The minimum absolute atomic E-state index is 0.696. The maximum absolute atomic E-state index is 6.16. The molecule has 96 valence electrons. The minimum atomic E-state index is 0.696. The first-order valence-electron chi connectivity index (χ1n) is 5.89. The van der Waals surface area contributed by atoms with Gasteiger partial charge in [0.15, 0.2) is 0 Å². The van der Waals surface area contributed by atoms with Crippen LogP contribution in [0.1, 0.15) is 18.9 Å². The third-order valence-corrected chi connectivity index (χ3v) is 3.20. The van der Waals surface area contributed by atoms with Crippen LogP contribution in [0.5, 0.6) is 5.75 Å². The first kappa shape index (κ1) is 14.7. The number of benzene rings is 1. The van der Waals surface area contributed by atoms with Crippen LogP contribution in [0.15, 0.2) is 18.2 Å². The Morgan fingerprint density at radius 2 is 2.24 bits per heavy atom. The van der Waals surface area contributed by atoms with Gasteiger partial charge in [-0.25, -0.2) is 0 Å². The Hall–Kier alpha value is -0.380. The van der Waals surface area contributed by atoms with E-state index >= 15 is 0 Å². The van der Waals surface area contributed by atoms with E-state index in [1.807, 2.05) is 12.1 Å². The molecular formula is C13H20ClNOS. The van der Waals surface area contributed by atoms with Crippen molar-refractivity contribution in [1.29, 1.82) is 0 Å². The maximum Gasteiger partial charge on any atom is 0.142 e. The van der Waals surface area contributed by atoms with Gasteiger partial charge in [0.2, 0.25) is 0 Å². The van der Waals surface area contributed by atoms with Crippen LogP contribution in [0.2, 0.25) is 5.02 Å². The zero-order valence-electron chi connectivity index (χ0n) is 10.5. The Kier molecular flexibility index (Phi) is 7.49. The van der Waals surface area contributed by atoms with E-state index in [-0.39, 0.29) is 0 Å². The highest BCUT2D eigenvalue weighted by atomic mass is 35.5. The van der Waals surface area contributed by atoms with Crippen molar-refractivity contribution in [3.05, 3.63) is 28.8 Å². The van der Waals surface area contributed by atoms with Crippen molar-refractivity contribution in [3.63, 3.8) is 0 Å². The van der Waals surface area contributed by atoms with Gasteiger partial charge in [-0.2, -0.15) is 11.8 Å². The summed E-state index contributed by atoms with van der Waals surface area (Å²) >= 11 is 7.93. The lowest BCUT2D eigenvalue weighted by atomic mass is 10.2. The molecule has 0 bridgehead atoms. The first-order chi connectivity index (χ1) is 8.29. The van der Waals surface area contributed by atoms with Crippen LogP contribution < -0.4 is 10.1 Å². The zero-order valence-corrected chi connectivity index (χ0v) is 12.0. The van der Waals surface area contributed by atoms with Crippen LogP contribution >= 0.6 is 23.4 Å². The van der Waals surface area contributed by atoms with Crippen LogP contribution in [-0.2, 0) is 6.54 Å². The highest BCUT2D eigenvalue weighted by molar-refractivity contribution is 7.98. The molecule has 0 heterocycles. The van der Waals surface area contributed by atoms with Gasteiger partial charge < -0.3 is 10.1 Å². The molecule has 17 heavy (non-hydrogen) atoms. The van der Waals surface area contributed by atoms with Gasteiger partial charge >= 0.3 is 0 Å². The summed E-state index contributed by atoms with van der Waals surface area (Å²) in [6, 6.07) is 5.90. The Morgan fingerprint density at radius 1 is 1.41 bits per heavy atom. The monoisotopic (exact) mass is 273 g/mol. The summed E-state index contributed by atoms with van der Waals surface area (Å²) in [6.07, 6.45) is 3.20. The minimum Gasteiger partial charge on any atom is -0.491 e. The number of para-hydroxylation sites is 1. The molecule has 0 aromatic heterocycles. The normalized spacial score (nSPS) is 10.5. The second-order valence-corrected chi connectivity index (χ2v) is 5.14. The number of hydrogen-bond donors (Lipinski definition) is 1. The van der Waals surface area contributed by atoms with Crippen LogP contribution in [0.3, 0.4) is 0 Å². The highest BCUT2D eigenvalue weighted by Gasteiger charge is 2.07. The molecule has 0 saturated heterocycles. The molecule has 0 atom stereocenters. The van der Waals surface area contributed by atoms with Crippen molar-refractivity contribution in [1.82, 2.24) is 5.32 Å². The molecule has 4 heteroatoms. The van der Waals surface area contributed by atoms with Crippen LogP contribution in [-0.4, -0.2) is 25.2 Å². The van der Waals surface area contributed by atoms with Gasteiger partial charge in [-0.05, 0) is 25.3 Å². The third-order valence-electron chi connectivity index (χ3n) is 2.32. The number of halogens is 1. The molecule has 1 aromatic carbocycles. The van der Waals surface area contributed by atoms with Crippen molar-refractivity contribution in [2.24, 2.45) is 0 Å². The Balaban J connectivity index is 2.63. The fraction of sp³-hybridized carbons (Fsp3) is 0.538. The van der Waals surface area contributed by atoms with E-state index in [4.69, 9.17) is 16.3 Å². The van der Waals surface area contributed by atoms with E-state index in [2.05, 4.69) is 24.6 Å². The van der Waals surface area contributed by atoms with E-state index in [1.165, 1.54) is 0 Å². The van der Waals surface area contributed by atoms with Gasteiger partial charge in [0.1, 0.15) is 5.75 Å². The number of thioether (sulfide) groups is 1. The number of rotatable bonds is 8. The molecule has 1 aromatic rings. The molecular weight excluding hydrogens is 254 g/mol. The molecule has 0 spiro atoms. The van der Waals surface area contributed by atoms with Gasteiger partial charge in [0, 0.05) is 17.9 Å². The zero-order chi connectivity index (χ0) is 12.5. The number of hydrogen-bond acceptors (Lipinski definition) is 3. The molecule has 0 aliphatic heterocycles. The Morgan fingerprint density at radius 3 is 2.94 bits per heavy atom. The standard InChI is InChI=1S/C13H20ClNOS/c1-3-7-15-10-11-5-4-6-12(14)13(11)16-8-9-17-2/h4-6,15H,3,7-10H2,1-2H3. The number of nitrogens with one attached hydrogen (secondary N) is 1. The topological polar surface area (TPSA) is 21.3 Å². The van der Waals surface area contributed by atoms with Crippen LogP contribution in [0.4, 0.5) is 0 Å². The Labute approximate surface area is 113 Å². The quantitative estimate of drug-likeness (QED) is 0.732. The van der Waals surface area contributed by atoms with Crippen molar-refractivity contribution >= 4 is 23.4 Å². The summed E-state index contributed by atoms with van der Waals surface area (Å²) in [5.41, 5.74) is 1.13. The lowest BCUT2D eigenvalue weighted by molar-refractivity contribution is 0.339. The lowest BCUT2D eigenvalue weighted by Gasteiger charge is -2.13. The third kappa shape index (κ3) is 5.19. The van der Waals surface area contributed by atoms with E-state index in [9.17, 15) is 0 Å². The summed E-state index contributed by atoms with van der Waals surface area (Å²) in [7, 11) is 0. The second kappa shape index (κ2) is 8.67. The molecule has 0 unspecified atom stereocenters. The maximum atomic E-state index is 6.16. The summed E-state index contributed by atoms with van der Waals surface area (Å²) in [5, 5.41) is 4.06. The van der Waals surface area contributed by atoms with Crippen LogP contribution in [0, 0.1) is 0 Å². The van der Waals surface area contributed by atoms with Crippen LogP contribution in [0.25, 0.3) is 0 Å². The molecule has 0 fully saturated rings. The summed E-state index contributed by atoms with van der Waals surface area (Å²) in [5.74, 6) is 1.80. The average molecular weight is 274 g/mol. The number of ether oxygens (including phenoxy) is 1. The molecule has 1 N–H and O–H groups in total. The first-order valence-corrected chi connectivity index (χ1v) is 7.66. The largest absolute Gasteiger partial charge is 0.491 e. The SMILES string of the molecule is CCCNCc1cccc(Cl)c1OCCSC. The molecule has 0 aliphatic rings. The Bertz CT molecular complexity index is 333. The van der Waals surface area contributed by atoms with E-state index in [1.54, 1.807) is 11.8 Å². The summed E-state index contributed by atoms with van der Waals surface area (Å²) < 4.78 is 5.75. The average Bonchev–Trinajstić information content (AvgIpc) is 2.33. The van der Waals surface area contributed by atoms with E-state index < -0.39 is 0 Å². The van der Waals surface area contributed by atoms with Gasteiger partial charge in [0.05, 0.1) is 11.6 Å².